The number of hydrogen-bond acceptors (Lipinski definition) is 5. The fourth-order valence-electron chi connectivity index (χ4n) is 2.92. The van der Waals surface area contributed by atoms with E-state index in [9.17, 15) is 18.0 Å². The maximum atomic E-state index is 12.7. The normalized spacial score (nSPS) is 11.2. The lowest BCUT2D eigenvalue weighted by molar-refractivity contribution is 0.0948. The number of aryl methyl sites for hydroxylation is 1. The summed E-state index contributed by atoms with van der Waals surface area (Å²) in [6.45, 7) is 3.88. The van der Waals surface area contributed by atoms with E-state index in [-0.39, 0.29) is 35.2 Å². The van der Waals surface area contributed by atoms with Gasteiger partial charge in [-0.2, -0.15) is 0 Å². The first-order valence-electron chi connectivity index (χ1n) is 9.62. The quantitative estimate of drug-likeness (QED) is 0.497. The molecular formula is C22H23N3O5S. The molecule has 1 heterocycles. The molecule has 31 heavy (non-hydrogen) atoms. The lowest BCUT2D eigenvalue weighted by atomic mass is 10.1. The molecule has 0 spiro atoms. The van der Waals surface area contributed by atoms with E-state index >= 15 is 0 Å². The second-order valence-corrected chi connectivity index (χ2v) is 8.56. The molecule has 162 valence electrons. The van der Waals surface area contributed by atoms with Crippen molar-refractivity contribution in [3.05, 3.63) is 83.3 Å². The molecule has 2 amide bonds. The van der Waals surface area contributed by atoms with Crippen molar-refractivity contribution in [1.29, 1.82) is 0 Å². The fraction of sp³-hybridized carbons (Fsp3) is 0.182. The van der Waals surface area contributed by atoms with Crippen LogP contribution in [0.1, 0.15) is 39.0 Å². The van der Waals surface area contributed by atoms with E-state index < -0.39 is 15.9 Å². The Labute approximate surface area is 180 Å². The molecule has 0 aliphatic carbocycles. The maximum absolute atomic E-state index is 12.7. The van der Waals surface area contributed by atoms with Crippen LogP contribution in [0.5, 0.6) is 0 Å². The highest BCUT2D eigenvalue weighted by Crippen LogP contribution is 2.17. The van der Waals surface area contributed by atoms with E-state index in [1.165, 1.54) is 18.4 Å². The highest BCUT2D eigenvalue weighted by molar-refractivity contribution is 7.89. The van der Waals surface area contributed by atoms with Gasteiger partial charge in [0.15, 0.2) is 5.76 Å². The van der Waals surface area contributed by atoms with Crippen LogP contribution in [0, 0.1) is 6.92 Å². The second-order valence-electron chi connectivity index (χ2n) is 6.79. The third kappa shape index (κ3) is 5.59. The molecule has 0 aliphatic heterocycles. The molecule has 8 nitrogen and oxygen atoms in total. The number of furan rings is 1. The van der Waals surface area contributed by atoms with Gasteiger partial charge in [0.05, 0.1) is 11.2 Å². The Balaban J connectivity index is 1.69. The number of anilines is 1. The topological polar surface area (TPSA) is 118 Å². The number of carbonyl (C=O) groups is 2. The molecule has 0 unspecified atom stereocenters. The molecule has 3 aromatic rings. The van der Waals surface area contributed by atoms with Gasteiger partial charge in [0.25, 0.3) is 11.8 Å². The van der Waals surface area contributed by atoms with Gasteiger partial charge in [-0.3, -0.25) is 9.59 Å². The van der Waals surface area contributed by atoms with E-state index in [2.05, 4.69) is 15.4 Å². The lowest BCUT2D eigenvalue weighted by Gasteiger charge is -2.11. The molecule has 3 rings (SSSR count). The van der Waals surface area contributed by atoms with E-state index in [0.717, 1.165) is 5.56 Å². The largest absolute Gasteiger partial charge is 0.459 e. The Morgan fingerprint density at radius 1 is 1.00 bits per heavy atom. The smallest absolute Gasteiger partial charge is 0.291 e. The van der Waals surface area contributed by atoms with Crippen molar-refractivity contribution in [3.63, 3.8) is 0 Å². The first-order valence-corrected chi connectivity index (χ1v) is 11.1. The number of rotatable bonds is 8. The van der Waals surface area contributed by atoms with Crippen molar-refractivity contribution >= 4 is 27.5 Å². The molecule has 1 aromatic heterocycles. The molecule has 9 heteroatoms. The summed E-state index contributed by atoms with van der Waals surface area (Å²) in [5.41, 5.74) is 2.26. The zero-order valence-corrected chi connectivity index (χ0v) is 18.0. The third-order valence-electron chi connectivity index (χ3n) is 4.48. The minimum atomic E-state index is -3.66. The van der Waals surface area contributed by atoms with Crippen LogP contribution in [0.15, 0.2) is 70.2 Å². The SMILES string of the molecule is CCNS(=O)(=O)c1ccc(C)c(C(=O)NCc2cccc(NC(=O)c3ccco3)c2)c1. The molecule has 0 bridgehead atoms. The number of hydrogen-bond donors (Lipinski definition) is 3. The summed E-state index contributed by atoms with van der Waals surface area (Å²) < 4.78 is 31.9. The lowest BCUT2D eigenvalue weighted by Crippen LogP contribution is -2.26. The minimum Gasteiger partial charge on any atom is -0.459 e. The Hall–Kier alpha value is -3.43. The average Bonchev–Trinajstić information content (AvgIpc) is 3.27. The van der Waals surface area contributed by atoms with Crippen molar-refractivity contribution in [2.24, 2.45) is 0 Å². The van der Waals surface area contributed by atoms with E-state index in [1.54, 1.807) is 50.2 Å². The minimum absolute atomic E-state index is 0.0349. The molecular weight excluding hydrogens is 418 g/mol. The number of amides is 2. The summed E-state index contributed by atoms with van der Waals surface area (Å²) in [6, 6.07) is 14.6. The number of nitrogens with one attached hydrogen (secondary N) is 3. The van der Waals surface area contributed by atoms with Crippen LogP contribution < -0.4 is 15.4 Å². The molecule has 0 atom stereocenters. The summed E-state index contributed by atoms with van der Waals surface area (Å²) in [5, 5.41) is 5.52. The zero-order valence-electron chi connectivity index (χ0n) is 17.1. The van der Waals surface area contributed by atoms with Gasteiger partial charge >= 0.3 is 0 Å². The van der Waals surface area contributed by atoms with E-state index in [1.807, 2.05) is 6.07 Å². The van der Waals surface area contributed by atoms with Crippen molar-refractivity contribution in [1.82, 2.24) is 10.0 Å². The van der Waals surface area contributed by atoms with Gasteiger partial charge in [0.2, 0.25) is 10.0 Å². The summed E-state index contributed by atoms with van der Waals surface area (Å²) >= 11 is 0. The highest BCUT2D eigenvalue weighted by atomic mass is 32.2. The monoisotopic (exact) mass is 441 g/mol. The summed E-state index contributed by atoms with van der Waals surface area (Å²) in [5.74, 6) is -0.571. The van der Waals surface area contributed by atoms with Crippen LogP contribution >= 0.6 is 0 Å². The molecule has 2 aromatic carbocycles. The molecule has 0 fully saturated rings. The second kappa shape index (κ2) is 9.59. The Kier molecular flexibility index (Phi) is 6.88. The number of sulfonamides is 1. The molecule has 0 saturated heterocycles. The third-order valence-corrected chi connectivity index (χ3v) is 6.02. The number of carbonyl (C=O) groups excluding carboxylic acids is 2. The Morgan fingerprint density at radius 3 is 2.52 bits per heavy atom. The average molecular weight is 442 g/mol. The molecule has 3 N–H and O–H groups in total. The summed E-state index contributed by atoms with van der Waals surface area (Å²) in [4.78, 5) is 24.8. The van der Waals surface area contributed by atoms with Gasteiger partial charge in [0, 0.05) is 24.3 Å². The molecule has 0 saturated carbocycles. The van der Waals surface area contributed by atoms with Gasteiger partial charge in [-0.1, -0.05) is 25.1 Å². The zero-order chi connectivity index (χ0) is 22.4. The van der Waals surface area contributed by atoms with Crippen LogP contribution in [0.25, 0.3) is 0 Å². The van der Waals surface area contributed by atoms with E-state index in [4.69, 9.17) is 4.42 Å². The van der Waals surface area contributed by atoms with Gasteiger partial charge in [-0.05, 0) is 54.4 Å². The van der Waals surface area contributed by atoms with Crippen molar-refractivity contribution in [2.75, 3.05) is 11.9 Å². The van der Waals surface area contributed by atoms with Crippen LogP contribution in [0.2, 0.25) is 0 Å². The Morgan fingerprint density at radius 2 is 1.81 bits per heavy atom. The number of benzene rings is 2. The predicted octanol–water partition coefficient (Wildman–Crippen LogP) is 3.07. The first-order chi connectivity index (χ1) is 14.8. The fourth-order valence-corrected chi connectivity index (χ4v) is 3.99. The summed E-state index contributed by atoms with van der Waals surface area (Å²) in [6.07, 6.45) is 1.42. The van der Waals surface area contributed by atoms with Crippen LogP contribution in [0.3, 0.4) is 0 Å². The van der Waals surface area contributed by atoms with Gasteiger partial charge < -0.3 is 15.1 Å². The maximum Gasteiger partial charge on any atom is 0.291 e. The van der Waals surface area contributed by atoms with Crippen LogP contribution in [0.4, 0.5) is 5.69 Å². The van der Waals surface area contributed by atoms with Gasteiger partial charge in [-0.25, -0.2) is 13.1 Å². The summed E-state index contributed by atoms with van der Waals surface area (Å²) in [7, 11) is -3.66. The molecule has 0 aliphatic rings. The van der Waals surface area contributed by atoms with Crippen LogP contribution in [-0.4, -0.2) is 26.8 Å². The van der Waals surface area contributed by atoms with Gasteiger partial charge in [0.1, 0.15) is 0 Å². The van der Waals surface area contributed by atoms with Gasteiger partial charge in [-0.15, -0.1) is 0 Å². The van der Waals surface area contributed by atoms with E-state index in [0.29, 0.717) is 11.3 Å². The standard InChI is InChI=1S/C22H23N3O5S/c1-3-24-31(28,29)18-10-9-15(2)19(13-18)21(26)23-14-16-6-4-7-17(12-16)25-22(27)20-8-5-11-30-20/h4-13,24H,3,14H2,1-2H3,(H,23,26)(H,25,27). The Bertz CT molecular complexity index is 1190. The molecule has 0 radical (unpaired) electrons. The van der Waals surface area contributed by atoms with Crippen molar-refractivity contribution in [3.8, 4) is 0 Å². The van der Waals surface area contributed by atoms with Crippen LogP contribution in [-0.2, 0) is 16.6 Å². The first kappa shape index (κ1) is 22.3. The highest BCUT2D eigenvalue weighted by Gasteiger charge is 2.17. The predicted molar refractivity (Wildman–Crippen MR) is 116 cm³/mol. The van der Waals surface area contributed by atoms with Crippen molar-refractivity contribution < 1.29 is 22.4 Å². The van der Waals surface area contributed by atoms with Crippen molar-refractivity contribution in [2.45, 2.75) is 25.3 Å².